The Morgan fingerprint density at radius 1 is 1.29 bits per heavy atom. The smallest absolute Gasteiger partial charge is 0.313 e. The Bertz CT molecular complexity index is 787. The topological polar surface area (TPSA) is 107 Å². The number of alkyl halides is 2. The summed E-state index contributed by atoms with van der Waals surface area (Å²) in [6.45, 7) is 2.21. The molecule has 0 heterocycles. The predicted octanol–water partition coefficient (Wildman–Crippen LogP) is 2.31. The average molecular weight is 618 g/mol. The van der Waals surface area contributed by atoms with E-state index in [2.05, 4.69) is 17.2 Å². The van der Waals surface area contributed by atoms with E-state index in [1.807, 2.05) is 0 Å². The van der Waals surface area contributed by atoms with Crippen LogP contribution in [0.5, 0.6) is 0 Å². The first kappa shape index (κ1) is 24.0. The van der Waals surface area contributed by atoms with Crippen molar-refractivity contribution >= 4 is 47.3 Å². The maximum absolute atomic E-state index is 14.4. The molecule has 1 radical (unpaired) electrons. The first-order valence-electron chi connectivity index (χ1n) is 8.45. The van der Waals surface area contributed by atoms with Gasteiger partial charge < -0.3 is 15.5 Å². The molecule has 4 rings (SSSR count). The second-order valence-corrected chi connectivity index (χ2v) is 12.6. The van der Waals surface area contributed by atoms with Crippen LogP contribution in [-0.4, -0.2) is 44.6 Å². The van der Waals surface area contributed by atoms with Gasteiger partial charge in [-0.2, -0.15) is 8.42 Å². The number of hydrogen-bond donors (Lipinski definition) is 1. The molecule has 0 aromatic carbocycles. The van der Waals surface area contributed by atoms with Crippen molar-refractivity contribution in [3.63, 3.8) is 0 Å². The molecule has 0 aliphatic heterocycles. The Kier molecular flexibility index (Phi) is 6.96. The van der Waals surface area contributed by atoms with Crippen molar-refractivity contribution in [1.82, 2.24) is 0 Å². The van der Waals surface area contributed by atoms with Gasteiger partial charge in [-0.25, -0.2) is 4.39 Å². The van der Waals surface area contributed by atoms with E-state index < -0.39 is 63.4 Å². The molecule has 11 heteroatoms. The summed E-state index contributed by atoms with van der Waals surface area (Å²) in [4.78, 5) is 24.6. The number of carbonyl (C=O) groups is 2. The molecule has 0 aromatic heterocycles. The van der Waals surface area contributed by atoms with E-state index in [0.717, 1.165) is 6.42 Å². The quantitative estimate of drug-likeness (QED) is 0.0889. The summed E-state index contributed by atoms with van der Waals surface area (Å²) in [7, 11) is -5.04. The van der Waals surface area contributed by atoms with Crippen LogP contribution in [0.2, 0.25) is 0 Å². The van der Waals surface area contributed by atoms with Gasteiger partial charge in [0.1, 0.15) is 11.6 Å². The molecule has 4 saturated carbocycles. The zero-order chi connectivity index (χ0) is 20.1. The number of hydrogen-bond acceptors (Lipinski definition) is 6. The molecule has 3 atom stereocenters. The molecule has 3 unspecified atom stereocenters. The minimum Gasteiger partial charge on any atom is -0.484 e. The molecule has 28 heavy (non-hydrogen) atoms. The number of halogens is 2. The average Bonchev–Trinajstić information content (AvgIpc) is 2.56. The van der Waals surface area contributed by atoms with Crippen molar-refractivity contribution in [3.8, 4) is 0 Å². The Hall–Kier alpha value is -0.257. The number of ether oxygens (including phenoxy) is 2. The summed E-state index contributed by atoms with van der Waals surface area (Å²) in [6, 6.07) is 0. The molecule has 0 spiro atoms. The van der Waals surface area contributed by atoms with E-state index >= 15 is 0 Å². The standard InChI is InChI=1S/C17H21FIO7S.Rh/c1-3-13(20)26-16-7-11-4-12(8-16)6-15(5-11,9-16)14(21)25-10-17(18,19-2)27(22,23)24;/h11-12H,1-2,4-10H2,(H,22,23,24);/q-1;. The zero-order valence-corrected chi connectivity index (χ0v) is 19.5. The minimum absolute atomic E-state index is 0. The van der Waals surface area contributed by atoms with Crippen molar-refractivity contribution in [3.05, 3.63) is 12.7 Å². The molecule has 4 aliphatic carbocycles. The Labute approximate surface area is 186 Å². The van der Waals surface area contributed by atoms with Crippen molar-refractivity contribution in [2.45, 2.75) is 47.1 Å². The third-order valence-corrected chi connectivity index (χ3v) is 10.6. The van der Waals surface area contributed by atoms with Gasteiger partial charge in [0.2, 0.25) is 0 Å². The van der Waals surface area contributed by atoms with Crippen LogP contribution in [0.15, 0.2) is 6.58 Å². The largest absolute Gasteiger partial charge is 0.484 e. The van der Waals surface area contributed by atoms with Gasteiger partial charge in [0.05, 0.1) is 5.41 Å². The predicted molar refractivity (Wildman–Crippen MR) is 102 cm³/mol. The van der Waals surface area contributed by atoms with Gasteiger partial charge in [-0.05, 0) is 43.9 Å². The van der Waals surface area contributed by atoms with E-state index in [1.54, 1.807) is 0 Å². The van der Waals surface area contributed by atoms with Crippen LogP contribution in [0.25, 0.3) is 0 Å². The van der Waals surface area contributed by atoms with Gasteiger partial charge in [-0.1, -0.05) is 25.2 Å². The zero-order valence-electron chi connectivity index (χ0n) is 14.9. The summed E-state index contributed by atoms with van der Waals surface area (Å²) in [5, 5.41) is 0. The number of esters is 2. The maximum Gasteiger partial charge on any atom is 0.313 e. The molecule has 1 N–H and O–H groups in total. The number of rotatable bonds is 7. The van der Waals surface area contributed by atoms with Crippen LogP contribution in [0, 0.1) is 23.3 Å². The Morgan fingerprint density at radius 3 is 2.32 bits per heavy atom. The van der Waals surface area contributed by atoms with Crippen molar-refractivity contribution in [2.75, 3.05) is 6.61 Å². The molecule has 4 bridgehead atoms. The second kappa shape index (κ2) is 8.11. The van der Waals surface area contributed by atoms with Gasteiger partial charge in [0.25, 0.3) is 0 Å². The van der Waals surface area contributed by atoms with Crippen LogP contribution in [0.4, 0.5) is 4.39 Å². The van der Waals surface area contributed by atoms with Crippen LogP contribution in [-0.2, 0) is 48.7 Å². The van der Waals surface area contributed by atoms with E-state index in [4.69, 9.17) is 14.0 Å². The van der Waals surface area contributed by atoms with E-state index in [0.29, 0.717) is 25.7 Å². The first-order chi connectivity index (χ1) is 12.5. The van der Waals surface area contributed by atoms with Crippen molar-refractivity contribution < 1.29 is 55.9 Å². The molecule has 4 fully saturated rings. The normalized spacial score (nSPS) is 35.4. The molecule has 0 amide bonds. The monoisotopic (exact) mass is 618 g/mol. The summed E-state index contributed by atoms with van der Waals surface area (Å²) in [5.41, 5.74) is -1.73. The molecule has 0 aromatic rings. The summed E-state index contributed by atoms with van der Waals surface area (Å²) >= 11 is -1.84. The third kappa shape index (κ3) is 4.27. The van der Waals surface area contributed by atoms with Crippen LogP contribution >= 0.6 is 20.7 Å². The van der Waals surface area contributed by atoms with Crippen LogP contribution < -0.4 is 0 Å². The fraction of sp³-hybridized carbons (Fsp3) is 0.706. The van der Waals surface area contributed by atoms with Crippen molar-refractivity contribution in [2.24, 2.45) is 17.3 Å². The molecule has 0 saturated heterocycles. The van der Waals surface area contributed by atoms with E-state index in [-0.39, 0.29) is 37.7 Å². The third-order valence-electron chi connectivity index (χ3n) is 5.84. The van der Waals surface area contributed by atoms with E-state index in [9.17, 15) is 22.4 Å². The van der Waals surface area contributed by atoms with Gasteiger partial charge in [-0.15, -0.1) is 0 Å². The summed E-state index contributed by atoms with van der Waals surface area (Å²) in [5.74, 6) is -1.03. The molecule has 4 aliphatic rings. The van der Waals surface area contributed by atoms with Crippen LogP contribution in [0.3, 0.4) is 0 Å². The van der Waals surface area contributed by atoms with Gasteiger partial charge in [-0.3, -0.25) is 20.7 Å². The second-order valence-electron chi connectivity index (χ2n) is 7.81. The molecular weight excluding hydrogens is 597 g/mol. The SMILES string of the molecule is C=[C-]C(=O)OC12CC3CC(C1)CC(C(=O)OCC(F)(I=C)S(=O)(=O)O)(C3)C2.[Rh]. The Morgan fingerprint density at radius 2 is 1.86 bits per heavy atom. The molecular formula is C17H21FIO7RhS-. The van der Waals surface area contributed by atoms with Crippen LogP contribution in [0.1, 0.15) is 38.5 Å². The fourth-order valence-electron chi connectivity index (χ4n) is 5.25. The van der Waals surface area contributed by atoms with Crippen molar-refractivity contribution in [1.29, 1.82) is 0 Å². The molecule has 161 valence electrons. The van der Waals surface area contributed by atoms with E-state index in [1.165, 1.54) is 0 Å². The van der Waals surface area contributed by atoms with Gasteiger partial charge in [0, 0.05) is 25.9 Å². The summed E-state index contributed by atoms with van der Waals surface area (Å²) in [6.07, 6.45) is 5.71. The Balaban J connectivity index is 0.00000280. The van der Waals surface area contributed by atoms with Gasteiger partial charge >= 0.3 is 19.1 Å². The molecule has 7 nitrogen and oxygen atoms in total. The minimum atomic E-state index is -5.04. The summed E-state index contributed by atoms with van der Waals surface area (Å²) < 4.78 is 56.9. The number of carbonyl (C=O) groups excluding carboxylic acids is 2. The van der Waals surface area contributed by atoms with Gasteiger partial charge in [0.15, 0.2) is 6.61 Å². The first-order valence-corrected chi connectivity index (χ1v) is 12.5. The maximum atomic E-state index is 14.4. The fourth-order valence-corrected chi connectivity index (χ4v) is 7.16.